The van der Waals surface area contributed by atoms with E-state index in [1.54, 1.807) is 6.92 Å². The van der Waals surface area contributed by atoms with Crippen molar-refractivity contribution in [1.82, 2.24) is 5.32 Å². The van der Waals surface area contributed by atoms with Crippen molar-refractivity contribution in [2.75, 3.05) is 13.2 Å². The first-order valence-electron chi connectivity index (χ1n) is 10.5. The first kappa shape index (κ1) is 26.1. The summed E-state index contributed by atoms with van der Waals surface area (Å²) in [5, 5.41) is 2.66. The Balaban J connectivity index is 2.68. The fraction of sp³-hybridized carbons (Fsp3) is 0.500. The van der Waals surface area contributed by atoms with E-state index in [4.69, 9.17) is 9.47 Å². The molecule has 170 valence electrons. The molecule has 0 aliphatic rings. The van der Waals surface area contributed by atoms with Gasteiger partial charge >= 0.3 is 11.9 Å². The molecule has 7 nitrogen and oxygen atoms in total. The Hall–Kier alpha value is -2.96. The largest absolute Gasteiger partial charge is 0.466 e. The van der Waals surface area contributed by atoms with Crippen molar-refractivity contribution in [2.24, 2.45) is 5.92 Å². The van der Waals surface area contributed by atoms with Crippen LogP contribution in [0.2, 0.25) is 0 Å². The second-order valence-electron chi connectivity index (χ2n) is 7.87. The van der Waals surface area contributed by atoms with Gasteiger partial charge in [-0.2, -0.15) is 0 Å². The van der Waals surface area contributed by atoms with Gasteiger partial charge in [0.1, 0.15) is 6.61 Å². The maximum Gasteiger partial charge on any atom is 0.339 e. The molecule has 0 saturated carbocycles. The second-order valence-corrected chi connectivity index (χ2v) is 7.87. The average molecular weight is 432 g/mol. The summed E-state index contributed by atoms with van der Waals surface area (Å²) in [5.74, 6) is -1.66. The molecule has 1 atom stereocenters. The molecule has 1 rings (SSSR count). The number of esters is 2. The number of carbonyl (C=O) groups excluding carboxylic acids is 4. The maximum absolute atomic E-state index is 12.5. The van der Waals surface area contributed by atoms with Crippen LogP contribution in [0.4, 0.5) is 0 Å². The van der Waals surface area contributed by atoms with Crippen molar-refractivity contribution in [3.63, 3.8) is 0 Å². The minimum Gasteiger partial charge on any atom is -0.466 e. The van der Waals surface area contributed by atoms with Gasteiger partial charge in [-0.1, -0.05) is 38.6 Å². The quantitative estimate of drug-likeness (QED) is 0.402. The molecule has 0 bridgehead atoms. The zero-order valence-electron chi connectivity index (χ0n) is 19.1. The van der Waals surface area contributed by atoms with Crippen LogP contribution >= 0.6 is 0 Å². The molecule has 0 aliphatic heterocycles. The Labute approximate surface area is 184 Å². The van der Waals surface area contributed by atoms with E-state index in [-0.39, 0.29) is 43.3 Å². The van der Waals surface area contributed by atoms with E-state index in [0.717, 1.165) is 11.1 Å². The highest BCUT2D eigenvalue weighted by molar-refractivity contribution is 5.98. The lowest BCUT2D eigenvalue weighted by atomic mass is 9.97. The molecule has 0 aromatic heterocycles. The van der Waals surface area contributed by atoms with E-state index < -0.39 is 23.9 Å². The molecular formula is C24H33NO6. The van der Waals surface area contributed by atoms with Gasteiger partial charge in [0.15, 0.2) is 5.78 Å². The van der Waals surface area contributed by atoms with Gasteiger partial charge in [-0.05, 0) is 44.2 Å². The molecule has 0 aliphatic carbocycles. The van der Waals surface area contributed by atoms with Crippen molar-refractivity contribution < 1.29 is 28.7 Å². The molecule has 0 heterocycles. The first-order valence-corrected chi connectivity index (χ1v) is 10.5. The van der Waals surface area contributed by atoms with Crippen LogP contribution in [0.5, 0.6) is 0 Å². The molecule has 1 aromatic carbocycles. The highest BCUT2D eigenvalue weighted by Crippen LogP contribution is 2.15. The number of carbonyl (C=O) groups is 4. The van der Waals surface area contributed by atoms with Crippen LogP contribution in [0.25, 0.3) is 0 Å². The van der Waals surface area contributed by atoms with Gasteiger partial charge in [0.05, 0.1) is 24.6 Å². The highest BCUT2D eigenvalue weighted by atomic mass is 16.5. The van der Waals surface area contributed by atoms with Gasteiger partial charge in [0.25, 0.3) is 5.91 Å². The fourth-order valence-corrected chi connectivity index (χ4v) is 3.06. The van der Waals surface area contributed by atoms with Gasteiger partial charge < -0.3 is 14.8 Å². The Bertz CT molecular complexity index is 807. The molecular weight excluding hydrogens is 398 g/mol. The van der Waals surface area contributed by atoms with Crippen molar-refractivity contribution in [3.8, 4) is 0 Å². The number of benzene rings is 1. The summed E-state index contributed by atoms with van der Waals surface area (Å²) < 4.78 is 10.1. The summed E-state index contributed by atoms with van der Waals surface area (Å²) in [6.07, 6.45) is 0.360. The third-order valence-corrected chi connectivity index (χ3v) is 4.67. The van der Waals surface area contributed by atoms with E-state index in [2.05, 4.69) is 11.9 Å². The molecule has 1 aromatic rings. The minimum absolute atomic E-state index is 0.0233. The van der Waals surface area contributed by atoms with Gasteiger partial charge in [0.2, 0.25) is 0 Å². The Morgan fingerprint density at radius 1 is 1.03 bits per heavy atom. The van der Waals surface area contributed by atoms with Crippen LogP contribution in [0, 0.1) is 19.8 Å². The monoisotopic (exact) mass is 431 g/mol. The number of ether oxygens (including phenoxy) is 2. The van der Waals surface area contributed by atoms with Gasteiger partial charge in [-0.15, -0.1) is 0 Å². The summed E-state index contributed by atoms with van der Waals surface area (Å²) in [4.78, 5) is 49.0. The lowest BCUT2D eigenvalue weighted by Crippen LogP contribution is -2.43. The number of nitrogens with one attached hydrogen (secondary N) is 1. The molecule has 1 unspecified atom stereocenters. The van der Waals surface area contributed by atoms with Crippen LogP contribution in [-0.4, -0.2) is 42.9 Å². The summed E-state index contributed by atoms with van der Waals surface area (Å²) in [7, 11) is 0. The van der Waals surface area contributed by atoms with Crippen LogP contribution in [-0.2, 0) is 23.9 Å². The van der Waals surface area contributed by atoms with Gasteiger partial charge in [-0.25, -0.2) is 4.79 Å². The zero-order chi connectivity index (χ0) is 23.6. The van der Waals surface area contributed by atoms with Crippen LogP contribution < -0.4 is 5.32 Å². The van der Waals surface area contributed by atoms with Crippen molar-refractivity contribution in [2.45, 2.75) is 59.9 Å². The topological polar surface area (TPSA) is 98.8 Å². The zero-order valence-corrected chi connectivity index (χ0v) is 19.1. The molecule has 31 heavy (non-hydrogen) atoms. The number of aryl methyl sites for hydroxylation is 2. The van der Waals surface area contributed by atoms with E-state index in [0.29, 0.717) is 12.0 Å². The summed E-state index contributed by atoms with van der Waals surface area (Å²) in [6, 6.07) is 4.71. The van der Waals surface area contributed by atoms with Crippen LogP contribution in [0.3, 0.4) is 0 Å². The number of Topliss-reactive ketones (excluding diaryl/α,β-unsaturated/α-hetero) is 1. The van der Waals surface area contributed by atoms with Gasteiger partial charge in [-0.3, -0.25) is 14.4 Å². The average Bonchev–Trinajstić information content (AvgIpc) is 2.69. The minimum atomic E-state index is -0.756. The molecule has 0 saturated heterocycles. The summed E-state index contributed by atoms with van der Waals surface area (Å²) >= 11 is 0. The van der Waals surface area contributed by atoms with E-state index >= 15 is 0 Å². The molecule has 0 spiro atoms. The summed E-state index contributed by atoms with van der Waals surface area (Å²) in [6.45, 7) is 12.8. The van der Waals surface area contributed by atoms with E-state index in [9.17, 15) is 19.2 Å². The predicted molar refractivity (Wildman–Crippen MR) is 118 cm³/mol. The summed E-state index contributed by atoms with van der Waals surface area (Å²) in [5.41, 5.74) is 2.06. The SMILES string of the molecule is C=C(COC(=O)c1c(C)cccc1C)C(=O)NC(CC(C)C)C(=O)CCC(=O)OCC. The number of amides is 1. The predicted octanol–water partition coefficient (Wildman–Crippen LogP) is 3.46. The molecule has 1 N–H and O–H groups in total. The van der Waals surface area contributed by atoms with E-state index in [1.165, 1.54) is 0 Å². The molecule has 7 heteroatoms. The van der Waals surface area contributed by atoms with Gasteiger partial charge in [0, 0.05) is 12.0 Å². The second kappa shape index (κ2) is 12.7. The van der Waals surface area contributed by atoms with E-state index in [1.807, 2.05) is 45.9 Å². The van der Waals surface area contributed by atoms with Crippen LogP contribution in [0.15, 0.2) is 30.4 Å². The first-order chi connectivity index (χ1) is 14.6. The number of hydrogen-bond donors (Lipinski definition) is 1. The van der Waals surface area contributed by atoms with Crippen molar-refractivity contribution in [3.05, 3.63) is 47.0 Å². The normalized spacial score (nSPS) is 11.5. The Morgan fingerprint density at radius 3 is 2.19 bits per heavy atom. The highest BCUT2D eigenvalue weighted by Gasteiger charge is 2.24. The van der Waals surface area contributed by atoms with Crippen molar-refractivity contribution in [1.29, 1.82) is 0 Å². The number of rotatable bonds is 12. The standard InChI is InChI=1S/C24H33NO6/c1-7-30-21(27)12-11-20(26)19(13-15(2)3)25-23(28)18(6)14-31-24(29)22-16(4)9-8-10-17(22)5/h8-10,15,19H,6-7,11-14H2,1-5H3,(H,25,28). The third-order valence-electron chi connectivity index (χ3n) is 4.67. The molecule has 0 radical (unpaired) electrons. The number of hydrogen-bond acceptors (Lipinski definition) is 6. The van der Waals surface area contributed by atoms with Crippen molar-refractivity contribution >= 4 is 23.6 Å². The maximum atomic E-state index is 12.5. The fourth-order valence-electron chi connectivity index (χ4n) is 3.06. The lowest BCUT2D eigenvalue weighted by Gasteiger charge is -2.20. The Kier molecular flexibility index (Phi) is 10.7. The lowest BCUT2D eigenvalue weighted by molar-refractivity contribution is -0.144. The van der Waals surface area contributed by atoms with Crippen LogP contribution in [0.1, 0.15) is 61.5 Å². The molecule has 1 amide bonds. The Morgan fingerprint density at radius 2 is 1.65 bits per heavy atom. The number of ketones is 1. The smallest absolute Gasteiger partial charge is 0.339 e. The molecule has 0 fully saturated rings. The third kappa shape index (κ3) is 8.74.